The first-order valence-electron chi connectivity index (χ1n) is 6.25. The summed E-state index contributed by atoms with van der Waals surface area (Å²) in [6, 6.07) is 0. The van der Waals surface area contributed by atoms with Crippen LogP contribution in [0, 0.1) is 58.2 Å². The van der Waals surface area contributed by atoms with E-state index in [0.29, 0.717) is 0 Å². The van der Waals surface area contributed by atoms with Gasteiger partial charge < -0.3 is 10.2 Å². The van der Waals surface area contributed by atoms with Gasteiger partial charge in [-0.15, -0.1) is 0 Å². The molecule has 0 aliphatic rings. The maximum Gasteiger partial charge on any atom is 0.341 e. The predicted octanol–water partition coefficient (Wildman–Crippen LogP) is 4.16. The number of benzene rings is 2. The van der Waals surface area contributed by atoms with Gasteiger partial charge >= 0.3 is 11.9 Å². The Kier molecular flexibility index (Phi) is 8.68. The predicted molar refractivity (Wildman–Crippen MR) is 66.4 cm³/mol. The molecule has 0 spiro atoms. The molecule has 0 aromatic heterocycles. The zero-order valence-corrected chi connectivity index (χ0v) is 13.7. The molecule has 0 unspecified atom stereocenters. The molecule has 15 heteroatoms. The van der Waals surface area contributed by atoms with Crippen molar-refractivity contribution in [3.05, 3.63) is 69.3 Å². The number of carbonyl (C=O) groups is 2. The fourth-order valence-corrected chi connectivity index (χ4v) is 1.59. The van der Waals surface area contributed by atoms with Crippen LogP contribution in [0.4, 0.5) is 43.9 Å². The first-order valence-corrected chi connectivity index (χ1v) is 6.25. The summed E-state index contributed by atoms with van der Waals surface area (Å²) in [5, 5.41) is 16.3. The summed E-state index contributed by atoms with van der Waals surface area (Å²) in [5.74, 6) is -27.7. The zero-order chi connectivity index (χ0) is 22.1. The minimum absolute atomic E-state index is 0. The zero-order valence-electron chi connectivity index (χ0n) is 12.8. The molecule has 0 aliphatic carbocycles. The van der Waals surface area contributed by atoms with E-state index in [9.17, 15) is 53.5 Å². The van der Waals surface area contributed by atoms with E-state index >= 15 is 0 Å². The van der Waals surface area contributed by atoms with Crippen LogP contribution in [0.5, 0.6) is 0 Å². The van der Waals surface area contributed by atoms with E-state index in [2.05, 4.69) is 0 Å². The first kappa shape index (κ1) is 26.2. The largest absolute Gasteiger partial charge is 0.477 e. The van der Waals surface area contributed by atoms with E-state index in [4.69, 9.17) is 10.2 Å². The molecule has 4 nitrogen and oxygen atoms in total. The van der Waals surface area contributed by atoms with Crippen LogP contribution < -0.4 is 0 Å². The Hall–Kier alpha value is -2.80. The molecule has 163 valence electrons. The third-order valence-corrected chi connectivity index (χ3v) is 2.85. The Morgan fingerprint density at radius 3 is 0.690 bits per heavy atom. The molecule has 0 aliphatic heterocycles. The van der Waals surface area contributed by atoms with Crippen molar-refractivity contribution < 1.29 is 80.8 Å². The molecule has 2 aromatic carbocycles. The van der Waals surface area contributed by atoms with Crippen molar-refractivity contribution in [1.29, 1.82) is 0 Å². The van der Waals surface area contributed by atoms with E-state index in [1.807, 2.05) is 0 Å². The van der Waals surface area contributed by atoms with E-state index in [1.165, 1.54) is 0 Å². The van der Waals surface area contributed by atoms with Crippen LogP contribution in [0.25, 0.3) is 0 Å². The van der Waals surface area contributed by atoms with Crippen molar-refractivity contribution in [2.45, 2.75) is 0 Å². The van der Waals surface area contributed by atoms with Gasteiger partial charge in [0.1, 0.15) is 11.1 Å². The number of hydrogen-bond acceptors (Lipinski definition) is 2. The molecule has 0 amide bonds. The Balaban J connectivity index is 0.000000523. The van der Waals surface area contributed by atoms with E-state index in [-0.39, 0.29) is 17.1 Å². The van der Waals surface area contributed by atoms with E-state index in [1.54, 1.807) is 0 Å². The molecular formula is C14H2CuF10O4. The molecule has 0 bridgehead atoms. The third kappa shape index (κ3) is 4.79. The van der Waals surface area contributed by atoms with Gasteiger partial charge in [-0.3, -0.25) is 0 Å². The molecule has 2 aromatic rings. The van der Waals surface area contributed by atoms with Crippen molar-refractivity contribution in [1.82, 2.24) is 0 Å². The third-order valence-electron chi connectivity index (χ3n) is 2.85. The standard InChI is InChI=1S/2C7HF5O2.Cu/c2*8-2-1(7(13)14)3(9)5(11)6(12)4(2)10;/h2*(H,13,14);. The van der Waals surface area contributed by atoms with Crippen molar-refractivity contribution in [3.63, 3.8) is 0 Å². The second-order valence-electron chi connectivity index (χ2n) is 4.50. The number of carboxylic acids is 2. The molecule has 0 fully saturated rings. The first-order chi connectivity index (χ1) is 12.7. The molecule has 2 N–H and O–H groups in total. The van der Waals surface area contributed by atoms with Crippen molar-refractivity contribution >= 4 is 11.9 Å². The van der Waals surface area contributed by atoms with Gasteiger partial charge in [-0.25, -0.2) is 53.5 Å². The number of hydrogen-bond donors (Lipinski definition) is 2. The van der Waals surface area contributed by atoms with Gasteiger partial charge in [-0.1, -0.05) is 0 Å². The molecular weight excluding hydrogens is 486 g/mol. The van der Waals surface area contributed by atoms with Gasteiger partial charge in [0.2, 0.25) is 11.6 Å². The Morgan fingerprint density at radius 2 is 0.552 bits per heavy atom. The number of rotatable bonds is 2. The van der Waals surface area contributed by atoms with Gasteiger partial charge in [0.05, 0.1) is 0 Å². The van der Waals surface area contributed by atoms with Crippen molar-refractivity contribution in [3.8, 4) is 0 Å². The topological polar surface area (TPSA) is 74.6 Å². The number of carboxylic acid groups (broad SMARTS) is 2. The Labute approximate surface area is 162 Å². The molecule has 2 rings (SSSR count). The molecule has 29 heavy (non-hydrogen) atoms. The normalized spacial score (nSPS) is 10.0. The Morgan fingerprint density at radius 1 is 0.414 bits per heavy atom. The fraction of sp³-hybridized carbons (Fsp3) is 0. The number of aromatic carboxylic acids is 2. The van der Waals surface area contributed by atoms with E-state index < -0.39 is 81.2 Å². The Bertz CT molecular complexity index is 858. The fourth-order valence-electron chi connectivity index (χ4n) is 1.59. The van der Waals surface area contributed by atoms with Gasteiger partial charge in [0, 0.05) is 17.1 Å². The molecule has 0 heterocycles. The molecule has 0 saturated heterocycles. The SMILES string of the molecule is O=C(O)c1c(F)c(F)c(F)c(F)c1F.O=C(O)c1c(F)c(F)c(F)c(F)c1F.[Cu]. The van der Waals surface area contributed by atoms with Crippen LogP contribution in [0.1, 0.15) is 20.7 Å². The minimum atomic E-state index is -2.38. The summed E-state index contributed by atoms with van der Waals surface area (Å²) < 4.78 is 124. The molecule has 0 saturated carbocycles. The average Bonchev–Trinajstić information content (AvgIpc) is 2.61. The summed E-state index contributed by atoms with van der Waals surface area (Å²) in [5.41, 5.74) is -3.72. The van der Waals surface area contributed by atoms with Crippen LogP contribution in [-0.4, -0.2) is 22.2 Å². The van der Waals surface area contributed by atoms with E-state index in [0.717, 1.165) is 0 Å². The summed E-state index contributed by atoms with van der Waals surface area (Å²) in [4.78, 5) is 20.2. The smallest absolute Gasteiger partial charge is 0.341 e. The molecule has 1 radical (unpaired) electrons. The van der Waals surface area contributed by atoms with Crippen LogP contribution in [0.15, 0.2) is 0 Å². The van der Waals surface area contributed by atoms with Crippen LogP contribution in [0.3, 0.4) is 0 Å². The summed E-state index contributed by atoms with van der Waals surface area (Å²) in [6.45, 7) is 0. The maximum atomic E-state index is 12.6. The van der Waals surface area contributed by atoms with Crippen LogP contribution in [-0.2, 0) is 17.1 Å². The quantitative estimate of drug-likeness (QED) is 0.289. The van der Waals surface area contributed by atoms with Gasteiger partial charge in [-0.2, -0.15) is 0 Å². The second-order valence-corrected chi connectivity index (χ2v) is 4.50. The summed E-state index contributed by atoms with van der Waals surface area (Å²) >= 11 is 0. The van der Waals surface area contributed by atoms with Gasteiger partial charge in [0.25, 0.3) is 0 Å². The van der Waals surface area contributed by atoms with Crippen LogP contribution in [0.2, 0.25) is 0 Å². The van der Waals surface area contributed by atoms with Gasteiger partial charge in [0.15, 0.2) is 46.5 Å². The van der Waals surface area contributed by atoms with Gasteiger partial charge in [-0.05, 0) is 0 Å². The minimum Gasteiger partial charge on any atom is -0.477 e. The average molecular weight is 488 g/mol. The monoisotopic (exact) mass is 487 g/mol. The van der Waals surface area contributed by atoms with Crippen molar-refractivity contribution in [2.75, 3.05) is 0 Å². The summed E-state index contributed by atoms with van der Waals surface area (Å²) in [7, 11) is 0. The summed E-state index contributed by atoms with van der Waals surface area (Å²) in [6.07, 6.45) is 0. The maximum absolute atomic E-state index is 12.6. The van der Waals surface area contributed by atoms with Crippen molar-refractivity contribution in [2.24, 2.45) is 0 Å². The second kappa shape index (κ2) is 9.60. The number of halogens is 10. The molecule has 0 atom stereocenters. The van der Waals surface area contributed by atoms with Crippen LogP contribution >= 0.6 is 0 Å².